The van der Waals surface area contributed by atoms with E-state index in [4.69, 9.17) is 4.74 Å². The summed E-state index contributed by atoms with van der Waals surface area (Å²) >= 11 is 0. The van der Waals surface area contributed by atoms with Gasteiger partial charge in [0.05, 0.1) is 0 Å². The average molecular weight is 337 g/mol. The van der Waals surface area contributed by atoms with Crippen LogP contribution < -0.4 is 5.32 Å². The molecule has 132 valence electrons. The lowest BCUT2D eigenvalue weighted by molar-refractivity contribution is -0.240. The predicted molar refractivity (Wildman–Crippen MR) is 74.8 cm³/mol. The van der Waals surface area contributed by atoms with Crippen molar-refractivity contribution in [3.05, 3.63) is 0 Å². The number of carboxylic acid groups (broad SMARTS) is 1. The number of carboxylic acids is 1. The maximum absolute atomic E-state index is 12.3. The molecular formula is C15H22F3NO4. The van der Waals surface area contributed by atoms with Crippen molar-refractivity contribution in [2.45, 2.75) is 70.7 Å². The van der Waals surface area contributed by atoms with Gasteiger partial charge < -0.3 is 15.2 Å². The lowest BCUT2D eigenvalue weighted by Crippen LogP contribution is -2.71. The smallest absolute Gasteiger partial charge is 0.408 e. The SMILES string of the molecule is CC(C)(C)OC(=O)NC(C(=O)O)C12CC(CCC(F)(F)F)(C1)C2. The molecular weight excluding hydrogens is 315 g/mol. The van der Waals surface area contributed by atoms with Gasteiger partial charge in [0, 0.05) is 11.8 Å². The Kier molecular flexibility index (Phi) is 4.10. The van der Waals surface area contributed by atoms with Crippen LogP contribution in [0.25, 0.3) is 0 Å². The highest BCUT2D eigenvalue weighted by Gasteiger charge is 2.71. The summed E-state index contributed by atoms with van der Waals surface area (Å²) in [4.78, 5) is 23.2. The normalized spacial score (nSPS) is 30.7. The molecule has 0 aromatic rings. The first kappa shape index (κ1) is 17.9. The van der Waals surface area contributed by atoms with Gasteiger partial charge in [-0.15, -0.1) is 0 Å². The van der Waals surface area contributed by atoms with E-state index < -0.39 is 47.1 Å². The first-order chi connectivity index (χ1) is 10.3. The molecule has 0 heterocycles. The zero-order chi connectivity index (χ0) is 17.7. The number of alkyl halides is 3. The number of nitrogens with one attached hydrogen (secondary N) is 1. The van der Waals surface area contributed by atoms with Crippen molar-refractivity contribution in [1.29, 1.82) is 0 Å². The Balaban J connectivity index is 1.91. The summed E-state index contributed by atoms with van der Waals surface area (Å²) in [7, 11) is 0. The molecule has 23 heavy (non-hydrogen) atoms. The van der Waals surface area contributed by atoms with Crippen LogP contribution in [-0.2, 0) is 9.53 Å². The van der Waals surface area contributed by atoms with E-state index in [-0.39, 0.29) is 6.42 Å². The molecule has 0 spiro atoms. The Morgan fingerprint density at radius 3 is 2.13 bits per heavy atom. The quantitative estimate of drug-likeness (QED) is 0.805. The molecule has 0 aromatic carbocycles. The third-order valence-electron chi connectivity index (χ3n) is 4.64. The summed E-state index contributed by atoms with van der Waals surface area (Å²) in [6.45, 7) is 4.99. The standard InChI is InChI=1S/C15H22F3NO4/c1-12(2,3)23-11(22)19-9(10(20)21)14-6-13(7-14,8-14)4-5-15(16,17)18/h9H,4-8H2,1-3H3,(H,19,22)(H,20,21). The first-order valence-electron chi connectivity index (χ1n) is 7.55. The first-order valence-corrected chi connectivity index (χ1v) is 7.55. The van der Waals surface area contributed by atoms with E-state index >= 15 is 0 Å². The molecule has 3 fully saturated rings. The number of ether oxygens (including phenoxy) is 1. The molecule has 3 aliphatic carbocycles. The van der Waals surface area contributed by atoms with E-state index in [0.717, 1.165) is 0 Å². The van der Waals surface area contributed by atoms with Crippen LogP contribution in [0.2, 0.25) is 0 Å². The van der Waals surface area contributed by atoms with Crippen LogP contribution in [0.1, 0.15) is 52.9 Å². The number of carbonyl (C=O) groups is 2. The minimum absolute atomic E-state index is 0.0248. The summed E-state index contributed by atoms with van der Waals surface area (Å²) in [6, 6.07) is -1.12. The van der Waals surface area contributed by atoms with E-state index in [1.54, 1.807) is 20.8 Å². The zero-order valence-electron chi connectivity index (χ0n) is 13.4. The number of rotatable bonds is 5. The Morgan fingerprint density at radius 2 is 1.74 bits per heavy atom. The molecule has 0 aliphatic heterocycles. The molecule has 5 nitrogen and oxygen atoms in total. The summed E-state index contributed by atoms with van der Waals surface area (Å²) in [5.74, 6) is -1.18. The molecule has 3 aliphatic rings. The summed E-state index contributed by atoms with van der Waals surface area (Å²) in [5.41, 5.74) is -1.78. The molecule has 2 bridgehead atoms. The second-order valence-corrected chi connectivity index (χ2v) is 7.93. The Labute approximate surface area is 132 Å². The van der Waals surface area contributed by atoms with Gasteiger partial charge in [-0.3, -0.25) is 0 Å². The molecule has 0 saturated heterocycles. The van der Waals surface area contributed by atoms with Gasteiger partial charge in [0.2, 0.25) is 0 Å². The van der Waals surface area contributed by atoms with Crippen molar-refractivity contribution in [2.75, 3.05) is 0 Å². The topological polar surface area (TPSA) is 75.6 Å². The van der Waals surface area contributed by atoms with Gasteiger partial charge in [0.25, 0.3) is 0 Å². The summed E-state index contributed by atoms with van der Waals surface area (Å²) < 4.78 is 42.0. The zero-order valence-corrected chi connectivity index (χ0v) is 13.4. The Bertz CT molecular complexity index is 490. The van der Waals surface area contributed by atoms with E-state index in [2.05, 4.69) is 5.32 Å². The van der Waals surface area contributed by atoms with Crippen molar-refractivity contribution in [3.8, 4) is 0 Å². The Hall–Kier alpha value is -1.47. The fourth-order valence-corrected chi connectivity index (χ4v) is 3.97. The van der Waals surface area contributed by atoms with Crippen LogP contribution in [0.3, 0.4) is 0 Å². The van der Waals surface area contributed by atoms with Crippen molar-refractivity contribution in [3.63, 3.8) is 0 Å². The summed E-state index contributed by atoms with van der Waals surface area (Å²) in [5, 5.41) is 11.7. The largest absolute Gasteiger partial charge is 0.480 e. The van der Waals surface area contributed by atoms with Gasteiger partial charge in [-0.25, -0.2) is 9.59 Å². The van der Waals surface area contributed by atoms with E-state index in [1.165, 1.54) is 0 Å². The number of alkyl carbamates (subject to hydrolysis) is 1. The fraction of sp³-hybridized carbons (Fsp3) is 0.867. The van der Waals surface area contributed by atoms with E-state index in [0.29, 0.717) is 19.3 Å². The van der Waals surface area contributed by atoms with Crippen molar-refractivity contribution in [1.82, 2.24) is 5.32 Å². The van der Waals surface area contributed by atoms with Crippen LogP contribution in [0.5, 0.6) is 0 Å². The van der Waals surface area contributed by atoms with Gasteiger partial charge in [-0.1, -0.05) is 0 Å². The monoisotopic (exact) mass is 337 g/mol. The van der Waals surface area contributed by atoms with Crippen LogP contribution in [-0.4, -0.2) is 35.0 Å². The minimum Gasteiger partial charge on any atom is -0.480 e. The van der Waals surface area contributed by atoms with Crippen LogP contribution >= 0.6 is 0 Å². The second kappa shape index (κ2) is 5.27. The van der Waals surface area contributed by atoms with Gasteiger partial charge in [0.15, 0.2) is 0 Å². The highest BCUT2D eigenvalue weighted by atomic mass is 19.4. The third kappa shape index (κ3) is 3.90. The maximum Gasteiger partial charge on any atom is 0.408 e. The highest BCUT2D eigenvalue weighted by molar-refractivity contribution is 5.81. The molecule has 0 radical (unpaired) electrons. The number of amides is 1. The molecule has 1 unspecified atom stereocenters. The molecule has 1 atom stereocenters. The molecule has 2 N–H and O–H groups in total. The molecule has 8 heteroatoms. The number of hydrogen-bond acceptors (Lipinski definition) is 3. The van der Waals surface area contributed by atoms with Crippen molar-refractivity contribution in [2.24, 2.45) is 10.8 Å². The number of halogens is 3. The lowest BCUT2D eigenvalue weighted by Gasteiger charge is -2.72. The van der Waals surface area contributed by atoms with Crippen molar-refractivity contribution >= 4 is 12.1 Å². The molecule has 1 amide bonds. The Morgan fingerprint density at radius 1 is 1.22 bits per heavy atom. The minimum atomic E-state index is -4.19. The van der Waals surface area contributed by atoms with Crippen LogP contribution in [0.15, 0.2) is 0 Å². The number of carbonyl (C=O) groups excluding carboxylic acids is 1. The third-order valence-corrected chi connectivity index (χ3v) is 4.64. The van der Waals surface area contributed by atoms with Crippen LogP contribution in [0, 0.1) is 10.8 Å². The number of aliphatic carboxylic acids is 1. The van der Waals surface area contributed by atoms with Gasteiger partial charge in [-0.05, 0) is 51.9 Å². The van der Waals surface area contributed by atoms with E-state index in [9.17, 15) is 27.9 Å². The fourth-order valence-electron chi connectivity index (χ4n) is 3.97. The highest BCUT2D eigenvalue weighted by Crippen LogP contribution is 2.76. The molecule has 3 rings (SSSR count). The number of hydrogen-bond donors (Lipinski definition) is 2. The van der Waals surface area contributed by atoms with Gasteiger partial charge in [-0.2, -0.15) is 13.2 Å². The molecule has 3 saturated carbocycles. The molecule has 0 aromatic heterocycles. The van der Waals surface area contributed by atoms with E-state index in [1.807, 2.05) is 0 Å². The van der Waals surface area contributed by atoms with Crippen molar-refractivity contribution < 1.29 is 32.6 Å². The van der Waals surface area contributed by atoms with Gasteiger partial charge >= 0.3 is 18.2 Å². The lowest BCUT2D eigenvalue weighted by atomic mass is 9.32. The summed E-state index contributed by atoms with van der Waals surface area (Å²) in [6.07, 6.45) is -4.62. The van der Waals surface area contributed by atoms with Crippen LogP contribution in [0.4, 0.5) is 18.0 Å². The van der Waals surface area contributed by atoms with Gasteiger partial charge in [0.1, 0.15) is 11.6 Å². The predicted octanol–water partition coefficient (Wildman–Crippen LogP) is 3.48. The average Bonchev–Trinajstić information content (AvgIpc) is 2.18. The maximum atomic E-state index is 12.3. The second-order valence-electron chi connectivity index (χ2n) is 7.93.